The second-order valence-corrected chi connectivity index (χ2v) is 8.66. The van der Waals surface area contributed by atoms with E-state index >= 15 is 0 Å². The number of sulfonamides is 1. The van der Waals surface area contributed by atoms with Crippen LogP contribution in [0, 0.1) is 10.1 Å². The zero-order valence-electron chi connectivity index (χ0n) is 14.8. The molecule has 1 aliphatic heterocycles. The normalized spacial score (nSPS) is 15.4. The van der Waals surface area contributed by atoms with Crippen LogP contribution >= 0.6 is 11.6 Å². The first-order chi connectivity index (χ1) is 13.3. The fourth-order valence-corrected chi connectivity index (χ4v) is 4.87. The summed E-state index contributed by atoms with van der Waals surface area (Å²) in [4.78, 5) is 24.2. The van der Waals surface area contributed by atoms with Gasteiger partial charge in [0.1, 0.15) is 0 Å². The number of nitro groups is 1. The van der Waals surface area contributed by atoms with Crippen molar-refractivity contribution in [2.24, 2.45) is 0 Å². The summed E-state index contributed by atoms with van der Waals surface area (Å²) in [5.74, 6) is -0.120. The van der Waals surface area contributed by atoms with Crippen molar-refractivity contribution in [2.45, 2.75) is 11.3 Å². The molecule has 1 amide bonds. The number of halogens is 1. The zero-order valence-corrected chi connectivity index (χ0v) is 16.4. The smallest absolute Gasteiger partial charge is 0.289 e. The van der Waals surface area contributed by atoms with Crippen LogP contribution in [0.2, 0.25) is 5.02 Å². The summed E-state index contributed by atoms with van der Waals surface area (Å²) in [6.07, 6.45) is 0.178. The number of carbonyl (C=O) groups is 1. The second-order valence-electron chi connectivity index (χ2n) is 6.32. The molecule has 1 aliphatic rings. The number of hydrogen-bond donors (Lipinski definition) is 0. The van der Waals surface area contributed by atoms with Gasteiger partial charge in [-0.05, 0) is 23.8 Å². The molecule has 1 fully saturated rings. The lowest BCUT2D eigenvalue weighted by atomic mass is 10.1. The van der Waals surface area contributed by atoms with Crippen LogP contribution in [0.1, 0.15) is 5.56 Å². The number of nitrogens with zero attached hydrogens (tertiary/aromatic N) is 3. The molecular weight excluding hydrogens is 406 g/mol. The van der Waals surface area contributed by atoms with Crippen LogP contribution in [0.15, 0.2) is 53.4 Å². The summed E-state index contributed by atoms with van der Waals surface area (Å²) in [5, 5.41) is 11.7. The first kappa shape index (κ1) is 20.2. The maximum absolute atomic E-state index is 12.8. The van der Waals surface area contributed by atoms with Crippen LogP contribution in [0.25, 0.3) is 0 Å². The van der Waals surface area contributed by atoms with Crippen LogP contribution in [0.4, 0.5) is 5.69 Å². The lowest BCUT2D eigenvalue weighted by Crippen LogP contribution is -2.50. The van der Waals surface area contributed by atoms with E-state index in [0.29, 0.717) is 5.02 Å². The quantitative estimate of drug-likeness (QED) is 0.542. The van der Waals surface area contributed by atoms with Gasteiger partial charge in [0.25, 0.3) is 5.69 Å². The van der Waals surface area contributed by atoms with Crippen LogP contribution in [-0.2, 0) is 21.2 Å². The summed E-state index contributed by atoms with van der Waals surface area (Å²) in [6, 6.07) is 12.3. The van der Waals surface area contributed by atoms with Crippen LogP contribution in [0.3, 0.4) is 0 Å². The number of para-hydroxylation sites is 1. The molecule has 0 N–H and O–H groups in total. The third-order valence-electron chi connectivity index (χ3n) is 4.52. The molecular formula is C18H18ClN3O5S. The molecule has 0 atom stereocenters. The lowest BCUT2D eigenvalue weighted by molar-refractivity contribution is -0.387. The van der Waals surface area contributed by atoms with E-state index in [2.05, 4.69) is 0 Å². The SMILES string of the molecule is O=C(Cc1cccc(Cl)c1)N1CCN(S(=O)(=O)c2ccccc2[N+](=O)[O-])CC1. The maximum Gasteiger partial charge on any atom is 0.289 e. The fraction of sp³-hybridized carbons (Fsp3) is 0.278. The predicted molar refractivity (Wildman–Crippen MR) is 104 cm³/mol. The minimum absolute atomic E-state index is 0.0790. The largest absolute Gasteiger partial charge is 0.340 e. The Hall–Kier alpha value is -2.49. The Morgan fingerprint density at radius 3 is 2.39 bits per heavy atom. The van der Waals surface area contributed by atoms with E-state index in [-0.39, 0.29) is 43.4 Å². The molecule has 148 valence electrons. The highest BCUT2D eigenvalue weighted by Gasteiger charge is 2.34. The van der Waals surface area contributed by atoms with E-state index in [1.165, 1.54) is 22.5 Å². The number of rotatable bonds is 5. The Kier molecular flexibility index (Phi) is 5.97. The van der Waals surface area contributed by atoms with Crippen molar-refractivity contribution in [1.82, 2.24) is 9.21 Å². The molecule has 8 nitrogen and oxygen atoms in total. The molecule has 1 saturated heterocycles. The van der Waals surface area contributed by atoms with Crippen molar-refractivity contribution in [3.63, 3.8) is 0 Å². The number of hydrogen-bond acceptors (Lipinski definition) is 5. The Morgan fingerprint density at radius 2 is 1.75 bits per heavy atom. The number of piperazine rings is 1. The average Bonchev–Trinajstić information content (AvgIpc) is 2.68. The van der Waals surface area contributed by atoms with Crippen molar-refractivity contribution in [3.8, 4) is 0 Å². The third kappa shape index (κ3) is 4.32. The van der Waals surface area contributed by atoms with Crippen molar-refractivity contribution in [1.29, 1.82) is 0 Å². The van der Waals surface area contributed by atoms with Gasteiger partial charge in [0.15, 0.2) is 4.90 Å². The summed E-state index contributed by atoms with van der Waals surface area (Å²) in [6.45, 7) is 0.601. The summed E-state index contributed by atoms with van der Waals surface area (Å²) < 4.78 is 26.8. The summed E-state index contributed by atoms with van der Waals surface area (Å²) >= 11 is 5.93. The maximum atomic E-state index is 12.8. The van der Waals surface area contributed by atoms with Gasteiger partial charge < -0.3 is 4.90 Å². The van der Waals surface area contributed by atoms with E-state index in [9.17, 15) is 23.3 Å². The van der Waals surface area contributed by atoms with Gasteiger partial charge in [-0.25, -0.2) is 8.42 Å². The van der Waals surface area contributed by atoms with Gasteiger partial charge in [-0.15, -0.1) is 0 Å². The molecule has 0 bridgehead atoms. The third-order valence-corrected chi connectivity index (χ3v) is 6.70. The van der Waals surface area contributed by atoms with Crippen LogP contribution < -0.4 is 0 Å². The van der Waals surface area contributed by atoms with Gasteiger partial charge in [0.2, 0.25) is 15.9 Å². The molecule has 2 aromatic carbocycles. The molecule has 10 heteroatoms. The first-order valence-electron chi connectivity index (χ1n) is 8.55. The number of amides is 1. The average molecular weight is 424 g/mol. The van der Waals surface area contributed by atoms with Crippen LogP contribution in [0.5, 0.6) is 0 Å². The van der Waals surface area contributed by atoms with E-state index in [0.717, 1.165) is 11.6 Å². The Balaban J connectivity index is 1.68. The fourth-order valence-electron chi connectivity index (χ4n) is 3.08. The molecule has 0 radical (unpaired) electrons. The predicted octanol–water partition coefficient (Wildman–Crippen LogP) is 2.32. The Morgan fingerprint density at radius 1 is 1.07 bits per heavy atom. The molecule has 3 rings (SSSR count). The lowest BCUT2D eigenvalue weighted by Gasteiger charge is -2.34. The van der Waals surface area contributed by atoms with Crippen LogP contribution in [-0.4, -0.2) is 54.6 Å². The molecule has 0 aliphatic carbocycles. The van der Waals surface area contributed by atoms with Crippen molar-refractivity contribution in [2.75, 3.05) is 26.2 Å². The monoisotopic (exact) mass is 423 g/mol. The van der Waals surface area contributed by atoms with E-state index in [4.69, 9.17) is 11.6 Å². The van der Waals surface area contributed by atoms with Crippen molar-refractivity contribution in [3.05, 3.63) is 69.2 Å². The second kappa shape index (κ2) is 8.26. The van der Waals surface area contributed by atoms with Gasteiger partial charge in [-0.3, -0.25) is 14.9 Å². The van der Waals surface area contributed by atoms with Gasteiger partial charge in [-0.1, -0.05) is 35.9 Å². The molecule has 1 heterocycles. The highest BCUT2D eigenvalue weighted by molar-refractivity contribution is 7.89. The van der Waals surface area contributed by atoms with Crippen molar-refractivity contribution >= 4 is 33.2 Å². The number of carbonyl (C=O) groups excluding carboxylic acids is 1. The van der Waals surface area contributed by atoms with E-state index in [1.807, 2.05) is 0 Å². The van der Waals surface area contributed by atoms with E-state index in [1.54, 1.807) is 29.2 Å². The van der Waals surface area contributed by atoms with Gasteiger partial charge in [0, 0.05) is 37.3 Å². The minimum atomic E-state index is -4.02. The first-order valence-corrected chi connectivity index (χ1v) is 10.4. The molecule has 0 unspecified atom stereocenters. The number of benzene rings is 2. The zero-order chi connectivity index (χ0) is 20.3. The topological polar surface area (TPSA) is 101 Å². The van der Waals surface area contributed by atoms with Gasteiger partial charge >= 0.3 is 0 Å². The summed E-state index contributed by atoms with van der Waals surface area (Å²) in [7, 11) is -4.02. The highest BCUT2D eigenvalue weighted by Crippen LogP contribution is 2.27. The molecule has 0 spiro atoms. The molecule has 2 aromatic rings. The summed E-state index contributed by atoms with van der Waals surface area (Å²) in [5.41, 5.74) is 0.328. The van der Waals surface area contributed by atoms with Gasteiger partial charge in [0.05, 0.1) is 11.3 Å². The molecule has 0 saturated carbocycles. The Bertz CT molecular complexity index is 1000. The minimum Gasteiger partial charge on any atom is -0.340 e. The highest BCUT2D eigenvalue weighted by atomic mass is 35.5. The molecule has 28 heavy (non-hydrogen) atoms. The van der Waals surface area contributed by atoms with E-state index < -0.39 is 20.6 Å². The van der Waals surface area contributed by atoms with Crippen molar-refractivity contribution < 1.29 is 18.1 Å². The molecule has 0 aromatic heterocycles. The standard InChI is InChI=1S/C18H18ClN3O5S/c19-15-5-3-4-14(12-15)13-18(23)20-8-10-21(11-9-20)28(26,27)17-7-2-1-6-16(17)22(24)25/h1-7,12H,8-11,13H2. The van der Waals surface area contributed by atoms with Gasteiger partial charge in [-0.2, -0.15) is 4.31 Å². The number of nitro benzene ring substituents is 1. The Labute approximate surface area is 167 Å².